The number of aromatic nitrogens is 3. The normalized spacial score (nSPS) is 17.5. The zero-order valence-electron chi connectivity index (χ0n) is 18.9. The summed E-state index contributed by atoms with van der Waals surface area (Å²) in [7, 11) is 0. The molecule has 1 saturated heterocycles. The Morgan fingerprint density at radius 3 is 2.43 bits per heavy atom. The van der Waals surface area contributed by atoms with E-state index in [1.807, 2.05) is 6.07 Å². The van der Waals surface area contributed by atoms with Crippen LogP contribution in [0.25, 0.3) is 11.4 Å². The predicted molar refractivity (Wildman–Crippen MR) is 136 cm³/mol. The zero-order chi connectivity index (χ0) is 25.0. The van der Waals surface area contributed by atoms with Gasteiger partial charge in [-0.25, -0.2) is 9.97 Å². The number of anilines is 1. The highest BCUT2D eigenvalue weighted by Gasteiger charge is 2.48. The summed E-state index contributed by atoms with van der Waals surface area (Å²) < 4.78 is 2.50. The van der Waals surface area contributed by atoms with Crippen LogP contribution >= 0.6 is 27.3 Å². The van der Waals surface area contributed by atoms with Crippen LogP contribution in [-0.2, 0) is 9.59 Å². The van der Waals surface area contributed by atoms with Gasteiger partial charge in [-0.3, -0.25) is 23.7 Å². The van der Waals surface area contributed by atoms with E-state index in [0.717, 1.165) is 15.8 Å². The molecule has 1 aromatic carbocycles. The number of nitrogens with zero attached hydrogens (tertiary/aromatic N) is 4. The van der Waals surface area contributed by atoms with E-state index in [4.69, 9.17) is 0 Å². The molecule has 0 bridgehead atoms. The Labute approximate surface area is 212 Å². The molecule has 1 unspecified atom stereocenters. The van der Waals surface area contributed by atoms with Crippen LogP contribution in [0.2, 0.25) is 0 Å². The first-order valence-electron chi connectivity index (χ1n) is 10.7. The maximum Gasteiger partial charge on any atom is 0.301 e. The zero-order valence-corrected chi connectivity index (χ0v) is 21.3. The van der Waals surface area contributed by atoms with E-state index in [1.54, 1.807) is 60.8 Å². The highest BCUT2D eigenvalue weighted by molar-refractivity contribution is 9.10. The summed E-state index contributed by atoms with van der Waals surface area (Å²) in [5, 5.41) is 11.7. The molecule has 1 fully saturated rings. The van der Waals surface area contributed by atoms with Crippen molar-refractivity contribution in [2.45, 2.75) is 26.8 Å². The van der Waals surface area contributed by atoms with Crippen molar-refractivity contribution in [2.75, 3.05) is 4.90 Å². The molecule has 1 N–H and O–H groups in total. The fraction of sp³-hybridized carbons (Fsp3) is 0.160. The number of hydrogen-bond acceptors (Lipinski definition) is 7. The summed E-state index contributed by atoms with van der Waals surface area (Å²) in [6, 6.07) is 11.6. The summed E-state index contributed by atoms with van der Waals surface area (Å²) in [5.74, 6) is -2.16. The first-order valence-corrected chi connectivity index (χ1v) is 12.3. The van der Waals surface area contributed by atoms with Crippen molar-refractivity contribution in [3.8, 4) is 0 Å². The standard InChI is InChI=1S/C25H19BrN4O4S/c1-12-19(29-11-5-4-6-17(29)27-12)21(32)18-20(15-7-9-16(26)10-8-15)30(24(34)22(18)33)25-28-13(2)23(35-25)14(3)31/h4-11,20,32H,1-3H3/b21-18+. The number of rotatable bonds is 4. The van der Waals surface area contributed by atoms with Crippen LogP contribution in [-0.4, -0.2) is 36.9 Å². The molecule has 1 aliphatic rings. The van der Waals surface area contributed by atoms with Crippen molar-refractivity contribution in [3.05, 3.63) is 86.2 Å². The second-order valence-corrected chi connectivity index (χ2v) is 10.1. The van der Waals surface area contributed by atoms with Gasteiger partial charge in [-0.1, -0.05) is 45.5 Å². The van der Waals surface area contributed by atoms with Gasteiger partial charge in [-0.2, -0.15) is 0 Å². The van der Waals surface area contributed by atoms with Crippen molar-refractivity contribution in [3.63, 3.8) is 0 Å². The molecule has 0 saturated carbocycles. The van der Waals surface area contributed by atoms with Crippen LogP contribution in [0.5, 0.6) is 0 Å². The Bertz CT molecular complexity index is 1570. The molecular weight excluding hydrogens is 532 g/mol. The Morgan fingerprint density at radius 1 is 1.06 bits per heavy atom. The smallest absolute Gasteiger partial charge is 0.301 e. The Kier molecular flexibility index (Phi) is 5.65. The molecule has 0 spiro atoms. The number of fused-ring (bicyclic) bond motifs is 1. The van der Waals surface area contributed by atoms with E-state index >= 15 is 0 Å². The number of aliphatic hydroxyl groups excluding tert-OH is 1. The lowest BCUT2D eigenvalue weighted by molar-refractivity contribution is -0.132. The number of benzene rings is 1. The molecule has 35 heavy (non-hydrogen) atoms. The van der Waals surface area contributed by atoms with Crippen LogP contribution in [0.1, 0.15) is 45.3 Å². The number of aliphatic hydroxyl groups is 1. The van der Waals surface area contributed by atoms with Gasteiger partial charge in [0.15, 0.2) is 16.7 Å². The van der Waals surface area contributed by atoms with E-state index in [2.05, 4.69) is 25.9 Å². The Hall–Kier alpha value is -3.63. The molecule has 3 aromatic heterocycles. The van der Waals surface area contributed by atoms with Crippen molar-refractivity contribution in [1.29, 1.82) is 0 Å². The van der Waals surface area contributed by atoms with Crippen LogP contribution in [0.3, 0.4) is 0 Å². The number of imidazole rings is 1. The van der Waals surface area contributed by atoms with Crippen molar-refractivity contribution >= 4 is 61.3 Å². The van der Waals surface area contributed by atoms with E-state index in [-0.39, 0.29) is 22.2 Å². The number of hydrogen-bond donors (Lipinski definition) is 1. The Balaban J connectivity index is 1.78. The second kappa shape index (κ2) is 8.54. The van der Waals surface area contributed by atoms with E-state index in [1.165, 1.54) is 11.8 Å². The number of carbonyl (C=O) groups is 3. The number of aryl methyl sites for hydroxylation is 2. The van der Waals surface area contributed by atoms with Gasteiger partial charge >= 0.3 is 5.91 Å². The van der Waals surface area contributed by atoms with Crippen LogP contribution < -0.4 is 4.90 Å². The van der Waals surface area contributed by atoms with Gasteiger partial charge in [0, 0.05) is 17.6 Å². The number of ketones is 2. The molecular formula is C25H19BrN4O4S. The third-order valence-corrected chi connectivity index (χ3v) is 7.66. The number of pyridine rings is 1. The topological polar surface area (TPSA) is 105 Å². The summed E-state index contributed by atoms with van der Waals surface area (Å²) in [6.45, 7) is 4.85. The van der Waals surface area contributed by atoms with Gasteiger partial charge in [-0.15, -0.1) is 0 Å². The molecule has 1 atom stereocenters. The maximum absolute atomic E-state index is 13.4. The average molecular weight is 551 g/mol. The van der Waals surface area contributed by atoms with Crippen LogP contribution in [0, 0.1) is 13.8 Å². The Morgan fingerprint density at radius 2 is 1.77 bits per heavy atom. The monoisotopic (exact) mass is 550 g/mol. The highest BCUT2D eigenvalue weighted by atomic mass is 79.9. The SMILES string of the molecule is CC(=O)c1sc(N2C(=O)C(=O)/C(=C(/O)c3c(C)nc4ccccn34)C2c2ccc(Br)cc2)nc1C. The quantitative estimate of drug-likeness (QED) is 0.166. The molecule has 4 aromatic rings. The second-order valence-electron chi connectivity index (χ2n) is 8.16. The van der Waals surface area contributed by atoms with E-state index in [0.29, 0.717) is 33.2 Å². The number of amides is 1. The summed E-state index contributed by atoms with van der Waals surface area (Å²) in [6.07, 6.45) is 1.73. The first kappa shape index (κ1) is 23.1. The lowest BCUT2D eigenvalue weighted by Gasteiger charge is -2.23. The molecule has 0 aliphatic carbocycles. The van der Waals surface area contributed by atoms with Gasteiger partial charge in [0.1, 0.15) is 11.3 Å². The third kappa shape index (κ3) is 3.69. The van der Waals surface area contributed by atoms with Crippen molar-refractivity contribution < 1.29 is 19.5 Å². The fourth-order valence-electron chi connectivity index (χ4n) is 4.33. The average Bonchev–Trinajstić information content (AvgIpc) is 3.45. The molecule has 4 heterocycles. The number of thiazole rings is 1. The van der Waals surface area contributed by atoms with E-state index in [9.17, 15) is 19.5 Å². The number of carbonyl (C=O) groups excluding carboxylic acids is 3. The van der Waals surface area contributed by atoms with Crippen molar-refractivity contribution in [1.82, 2.24) is 14.4 Å². The van der Waals surface area contributed by atoms with Gasteiger partial charge in [0.25, 0.3) is 5.78 Å². The summed E-state index contributed by atoms with van der Waals surface area (Å²) >= 11 is 4.46. The molecule has 176 valence electrons. The molecule has 5 rings (SSSR count). The minimum absolute atomic E-state index is 0.0664. The minimum Gasteiger partial charge on any atom is -0.505 e. The maximum atomic E-state index is 13.4. The lowest BCUT2D eigenvalue weighted by Crippen LogP contribution is -2.29. The van der Waals surface area contributed by atoms with E-state index < -0.39 is 17.7 Å². The minimum atomic E-state index is -0.942. The van der Waals surface area contributed by atoms with Gasteiger partial charge in [0.05, 0.1) is 27.9 Å². The number of halogens is 1. The molecule has 1 amide bonds. The summed E-state index contributed by atoms with van der Waals surface area (Å²) in [4.78, 5) is 49.4. The van der Waals surface area contributed by atoms with Crippen molar-refractivity contribution in [2.24, 2.45) is 0 Å². The molecule has 0 radical (unpaired) electrons. The molecule has 10 heteroatoms. The fourth-order valence-corrected chi connectivity index (χ4v) is 5.58. The van der Waals surface area contributed by atoms with Gasteiger partial charge < -0.3 is 5.11 Å². The number of Topliss-reactive ketones (excluding diaryl/α,β-unsaturated/α-hetero) is 2. The van der Waals surface area contributed by atoms with Crippen LogP contribution in [0.4, 0.5) is 5.13 Å². The lowest BCUT2D eigenvalue weighted by atomic mass is 9.96. The summed E-state index contributed by atoms with van der Waals surface area (Å²) in [5.41, 5.74) is 2.47. The van der Waals surface area contributed by atoms with Crippen LogP contribution in [0.15, 0.2) is 58.7 Å². The van der Waals surface area contributed by atoms with Gasteiger partial charge in [0.2, 0.25) is 0 Å². The highest BCUT2D eigenvalue weighted by Crippen LogP contribution is 2.44. The first-order chi connectivity index (χ1) is 16.7. The van der Waals surface area contributed by atoms with Gasteiger partial charge in [-0.05, 0) is 43.7 Å². The third-order valence-electron chi connectivity index (χ3n) is 5.87. The predicted octanol–water partition coefficient (Wildman–Crippen LogP) is 5.00. The molecule has 1 aliphatic heterocycles. The molecule has 8 nitrogen and oxygen atoms in total. The largest absolute Gasteiger partial charge is 0.505 e.